The van der Waals surface area contributed by atoms with Crippen LogP contribution in [0.25, 0.3) is 10.9 Å². The number of hydrogen-bond donors (Lipinski definition) is 1. The maximum atomic E-state index is 4.84. The van der Waals surface area contributed by atoms with Crippen LogP contribution >= 0.6 is 27.7 Å². The number of fused-ring (bicyclic) bond motifs is 2. The third-order valence-corrected chi connectivity index (χ3v) is 7.44. The second-order valence-corrected chi connectivity index (χ2v) is 8.47. The molecule has 132 valence electrons. The molecule has 0 spiro atoms. The average Bonchev–Trinajstić information content (AvgIpc) is 3.36. The Hall–Kier alpha value is -1.86. The lowest BCUT2D eigenvalue weighted by molar-refractivity contribution is 0.339. The number of amidine groups is 1. The van der Waals surface area contributed by atoms with Gasteiger partial charge in [0.05, 0.1) is 24.1 Å². The number of benzene rings is 1. The molecule has 5 nitrogen and oxygen atoms in total. The highest BCUT2D eigenvalue weighted by atomic mass is 79.9. The van der Waals surface area contributed by atoms with E-state index < -0.39 is 0 Å². The van der Waals surface area contributed by atoms with Crippen LogP contribution in [0.4, 0.5) is 0 Å². The van der Waals surface area contributed by atoms with E-state index in [1.54, 1.807) is 0 Å². The minimum absolute atomic E-state index is 0.0453. The molecule has 0 saturated heterocycles. The van der Waals surface area contributed by atoms with E-state index in [0.717, 1.165) is 46.6 Å². The monoisotopic (exact) mass is 427 g/mol. The molecule has 2 unspecified atom stereocenters. The Balaban J connectivity index is 1.65. The van der Waals surface area contributed by atoms with Crippen molar-refractivity contribution in [2.75, 3.05) is 18.4 Å². The second-order valence-electron chi connectivity index (χ2n) is 6.55. The zero-order valence-electron chi connectivity index (χ0n) is 14.1. The first-order valence-corrected chi connectivity index (χ1v) is 10.7. The maximum absolute atomic E-state index is 4.84. The lowest BCUT2D eigenvalue weighted by Crippen LogP contribution is -2.39. The number of imidazole rings is 1. The molecule has 2 aliphatic rings. The van der Waals surface area contributed by atoms with Gasteiger partial charge in [0.15, 0.2) is 5.17 Å². The van der Waals surface area contributed by atoms with E-state index in [1.165, 1.54) is 11.3 Å². The van der Waals surface area contributed by atoms with Crippen LogP contribution in [0.2, 0.25) is 0 Å². The number of aromatic amines is 1. The van der Waals surface area contributed by atoms with Crippen LogP contribution in [0.1, 0.15) is 23.0 Å². The summed E-state index contributed by atoms with van der Waals surface area (Å²) in [4.78, 5) is 20.0. The average molecular weight is 428 g/mol. The Morgan fingerprint density at radius 2 is 2.15 bits per heavy atom. The largest absolute Gasteiger partial charge is 0.348 e. The number of hydrogen-bond acceptors (Lipinski definition) is 5. The van der Waals surface area contributed by atoms with Crippen LogP contribution in [0.5, 0.6) is 0 Å². The molecule has 0 radical (unpaired) electrons. The molecule has 0 fully saturated rings. The Kier molecular flexibility index (Phi) is 4.21. The van der Waals surface area contributed by atoms with Gasteiger partial charge >= 0.3 is 0 Å². The van der Waals surface area contributed by atoms with Crippen molar-refractivity contribution in [3.63, 3.8) is 0 Å². The van der Waals surface area contributed by atoms with Gasteiger partial charge in [-0.15, -0.1) is 0 Å². The lowest BCUT2D eigenvalue weighted by Gasteiger charge is -2.36. The van der Waals surface area contributed by atoms with Crippen molar-refractivity contribution >= 4 is 43.8 Å². The van der Waals surface area contributed by atoms with Gasteiger partial charge in [-0.05, 0) is 6.07 Å². The van der Waals surface area contributed by atoms with Crippen molar-refractivity contribution in [1.82, 2.24) is 19.9 Å². The Morgan fingerprint density at radius 3 is 3.04 bits per heavy atom. The number of aromatic nitrogens is 3. The number of alkyl halides is 1. The molecule has 3 aromatic rings. The van der Waals surface area contributed by atoms with Gasteiger partial charge in [0.1, 0.15) is 6.04 Å². The normalized spacial score (nSPS) is 22.5. The Bertz CT molecular complexity index is 979. The van der Waals surface area contributed by atoms with Crippen LogP contribution in [-0.2, 0) is 6.42 Å². The van der Waals surface area contributed by atoms with E-state index in [4.69, 9.17) is 4.99 Å². The van der Waals surface area contributed by atoms with Gasteiger partial charge in [0, 0.05) is 46.4 Å². The summed E-state index contributed by atoms with van der Waals surface area (Å²) in [6.07, 6.45) is 4.64. The van der Waals surface area contributed by atoms with Gasteiger partial charge in [-0.3, -0.25) is 9.98 Å². The Morgan fingerprint density at radius 1 is 1.23 bits per heavy atom. The van der Waals surface area contributed by atoms with E-state index in [9.17, 15) is 0 Å². The van der Waals surface area contributed by atoms with Crippen LogP contribution in [0.15, 0.2) is 47.8 Å². The molecule has 1 aromatic carbocycles. The molecule has 2 aliphatic heterocycles. The third kappa shape index (κ3) is 2.65. The molecule has 0 amide bonds. The summed E-state index contributed by atoms with van der Waals surface area (Å²) in [7, 11) is 0. The summed E-state index contributed by atoms with van der Waals surface area (Å²) in [6, 6.07) is 10.6. The molecular formula is C19H18BrN5S. The van der Waals surface area contributed by atoms with Crippen LogP contribution in [-0.4, -0.2) is 48.7 Å². The van der Waals surface area contributed by atoms with E-state index in [1.807, 2.05) is 30.4 Å². The highest BCUT2D eigenvalue weighted by Crippen LogP contribution is 2.39. The molecule has 1 N–H and O–H groups in total. The molecule has 4 heterocycles. The first-order chi connectivity index (χ1) is 12.8. The summed E-state index contributed by atoms with van der Waals surface area (Å²) in [5, 5.41) is 3.76. The number of aliphatic imine (C=N–C) groups is 1. The van der Waals surface area contributed by atoms with Crippen molar-refractivity contribution < 1.29 is 0 Å². The van der Waals surface area contributed by atoms with Crippen LogP contribution in [0, 0.1) is 0 Å². The topological polar surface area (TPSA) is 57.2 Å². The van der Waals surface area contributed by atoms with E-state index in [2.05, 4.69) is 60.0 Å². The third-order valence-electron chi connectivity index (χ3n) is 5.00. The molecule has 0 aliphatic carbocycles. The molecule has 0 saturated carbocycles. The van der Waals surface area contributed by atoms with Crippen molar-refractivity contribution in [2.24, 2.45) is 4.99 Å². The molecule has 7 heteroatoms. The van der Waals surface area contributed by atoms with Gasteiger partial charge < -0.3 is 9.88 Å². The van der Waals surface area contributed by atoms with Gasteiger partial charge in [-0.25, -0.2) is 4.98 Å². The number of halogens is 1. The highest BCUT2D eigenvalue weighted by molar-refractivity contribution is 9.09. The number of nitrogens with one attached hydrogen (secondary N) is 1. The summed E-state index contributed by atoms with van der Waals surface area (Å²) in [5.74, 6) is 0. The molecule has 0 bridgehead atoms. The van der Waals surface area contributed by atoms with E-state index in [-0.39, 0.29) is 6.04 Å². The van der Waals surface area contributed by atoms with Gasteiger partial charge in [0.25, 0.3) is 0 Å². The predicted octanol–water partition coefficient (Wildman–Crippen LogP) is 3.77. The van der Waals surface area contributed by atoms with Crippen LogP contribution in [0.3, 0.4) is 0 Å². The smallest absolute Gasteiger partial charge is 0.160 e. The first kappa shape index (κ1) is 16.3. The molecule has 2 atom stereocenters. The second kappa shape index (κ2) is 6.70. The number of thioether (sulfide) groups is 1. The van der Waals surface area contributed by atoms with Gasteiger partial charge in [-0.1, -0.05) is 52.0 Å². The summed E-state index contributed by atoms with van der Waals surface area (Å²) in [6.45, 7) is 1.81. The van der Waals surface area contributed by atoms with Crippen LogP contribution < -0.4 is 0 Å². The van der Waals surface area contributed by atoms with Gasteiger partial charge in [-0.2, -0.15) is 0 Å². The first-order valence-electron chi connectivity index (χ1n) is 8.74. The van der Waals surface area contributed by atoms with E-state index in [0.29, 0.717) is 5.25 Å². The van der Waals surface area contributed by atoms with E-state index >= 15 is 0 Å². The Labute approximate surface area is 164 Å². The maximum Gasteiger partial charge on any atom is 0.160 e. The minimum Gasteiger partial charge on any atom is -0.348 e. The number of H-pyrrole nitrogens is 1. The van der Waals surface area contributed by atoms with Crippen molar-refractivity contribution in [3.05, 3.63) is 59.8 Å². The van der Waals surface area contributed by atoms with Crippen molar-refractivity contribution in [1.29, 1.82) is 0 Å². The summed E-state index contributed by atoms with van der Waals surface area (Å²) < 4.78 is 0. The summed E-state index contributed by atoms with van der Waals surface area (Å²) in [5.41, 5.74) is 4.56. The zero-order valence-corrected chi connectivity index (χ0v) is 16.5. The number of pyridine rings is 1. The summed E-state index contributed by atoms with van der Waals surface area (Å²) >= 11 is 5.47. The number of para-hydroxylation sites is 1. The predicted molar refractivity (Wildman–Crippen MR) is 110 cm³/mol. The molecular weight excluding hydrogens is 410 g/mol. The fourth-order valence-corrected chi connectivity index (χ4v) is 5.38. The molecule has 2 aromatic heterocycles. The molecule has 5 rings (SSSR count). The standard InChI is InChI=1S/C19H18BrN5S/c20-9-13-10-22-19(26-13)25-8-6-15-17(24-11-23-15)18(25)14-5-1-3-12-4-2-7-21-16(12)14/h1-5,7,11,13,18H,6,8-10H2,(H,23,24). The SMILES string of the molecule is BrCC1CN=C(N2CCc3[nH]cnc3C2c2cccc3cccnc23)S1. The number of nitrogens with zero attached hydrogens (tertiary/aromatic N) is 4. The minimum atomic E-state index is 0.0453. The quantitative estimate of drug-likeness (QED) is 0.632. The van der Waals surface area contributed by atoms with Crippen molar-refractivity contribution in [3.8, 4) is 0 Å². The fourth-order valence-electron chi connectivity index (χ4n) is 3.79. The van der Waals surface area contributed by atoms with Gasteiger partial charge in [0.2, 0.25) is 0 Å². The lowest BCUT2D eigenvalue weighted by atomic mass is 9.94. The van der Waals surface area contributed by atoms with Crippen molar-refractivity contribution in [2.45, 2.75) is 17.7 Å². The zero-order chi connectivity index (χ0) is 17.5. The highest BCUT2D eigenvalue weighted by Gasteiger charge is 2.36. The molecule has 26 heavy (non-hydrogen) atoms. The fraction of sp³-hybridized carbons (Fsp3) is 0.316. The number of rotatable bonds is 2.